The molecule has 0 radical (unpaired) electrons. The van der Waals surface area contributed by atoms with Gasteiger partial charge in [-0.05, 0) is 47.1 Å². The summed E-state index contributed by atoms with van der Waals surface area (Å²) in [7, 11) is 0. The average molecular weight is 239 g/mol. The van der Waals surface area contributed by atoms with E-state index in [1.807, 2.05) is 0 Å². The third-order valence-electron chi connectivity index (χ3n) is 4.42. The Kier molecular flexibility index (Phi) is 4.11. The van der Waals surface area contributed by atoms with Crippen molar-refractivity contribution in [2.75, 3.05) is 32.7 Å². The molecule has 2 aliphatic heterocycles. The van der Waals surface area contributed by atoms with Gasteiger partial charge >= 0.3 is 0 Å². The second kappa shape index (κ2) is 5.25. The number of piperazine rings is 1. The number of nitrogens with one attached hydrogen (secondary N) is 1. The third kappa shape index (κ3) is 3.43. The van der Waals surface area contributed by atoms with E-state index in [2.05, 4.69) is 42.8 Å². The van der Waals surface area contributed by atoms with Crippen molar-refractivity contribution < 1.29 is 0 Å². The first kappa shape index (κ1) is 13.3. The quantitative estimate of drug-likeness (QED) is 0.788. The molecule has 0 saturated carbocycles. The summed E-state index contributed by atoms with van der Waals surface area (Å²) < 4.78 is 0. The van der Waals surface area contributed by atoms with E-state index in [0.29, 0.717) is 11.6 Å². The molecular formula is C14H29N3. The average Bonchev–Trinajstić information content (AvgIpc) is 2.28. The van der Waals surface area contributed by atoms with Gasteiger partial charge in [-0.1, -0.05) is 0 Å². The molecule has 2 rings (SSSR count). The fraction of sp³-hybridized carbons (Fsp3) is 1.00. The highest BCUT2D eigenvalue weighted by Gasteiger charge is 2.32. The van der Waals surface area contributed by atoms with Crippen LogP contribution in [0.3, 0.4) is 0 Å². The zero-order chi connectivity index (χ0) is 12.5. The highest BCUT2D eigenvalue weighted by Crippen LogP contribution is 2.23. The van der Waals surface area contributed by atoms with E-state index in [0.717, 1.165) is 6.04 Å². The molecule has 1 N–H and O–H groups in total. The minimum atomic E-state index is 0.331. The van der Waals surface area contributed by atoms with Crippen molar-refractivity contribution in [3.8, 4) is 0 Å². The van der Waals surface area contributed by atoms with Crippen molar-refractivity contribution in [2.24, 2.45) is 0 Å². The molecule has 0 aromatic rings. The molecule has 2 heterocycles. The first-order valence-corrected chi connectivity index (χ1v) is 7.21. The Balaban J connectivity index is 1.84. The largest absolute Gasteiger partial charge is 0.312 e. The Morgan fingerprint density at radius 3 is 2.29 bits per heavy atom. The molecule has 0 aliphatic carbocycles. The molecule has 100 valence electrons. The molecule has 0 bridgehead atoms. The number of piperidine rings is 1. The highest BCUT2D eigenvalue weighted by atomic mass is 15.3. The maximum atomic E-state index is 3.62. The number of nitrogens with zero attached hydrogens (tertiary/aromatic N) is 2. The molecule has 0 amide bonds. The molecular weight excluding hydrogens is 210 g/mol. The Morgan fingerprint density at radius 1 is 1.12 bits per heavy atom. The summed E-state index contributed by atoms with van der Waals surface area (Å²) >= 11 is 0. The zero-order valence-corrected chi connectivity index (χ0v) is 12.0. The molecule has 1 unspecified atom stereocenters. The summed E-state index contributed by atoms with van der Waals surface area (Å²) in [5.74, 6) is 0. The smallest absolute Gasteiger partial charge is 0.0140 e. The Morgan fingerprint density at radius 2 is 1.76 bits per heavy atom. The van der Waals surface area contributed by atoms with Gasteiger partial charge in [0.15, 0.2) is 0 Å². The summed E-state index contributed by atoms with van der Waals surface area (Å²) in [5, 5.41) is 3.62. The Hall–Kier alpha value is -0.120. The second-order valence-electron chi connectivity index (χ2n) is 6.62. The van der Waals surface area contributed by atoms with Crippen LogP contribution in [-0.4, -0.2) is 60.1 Å². The van der Waals surface area contributed by atoms with Crippen molar-refractivity contribution in [1.82, 2.24) is 15.1 Å². The fourth-order valence-electron chi connectivity index (χ4n) is 3.27. The number of hydrogen-bond acceptors (Lipinski definition) is 3. The lowest BCUT2D eigenvalue weighted by Crippen LogP contribution is -2.57. The maximum Gasteiger partial charge on any atom is 0.0140 e. The van der Waals surface area contributed by atoms with E-state index in [-0.39, 0.29) is 0 Å². The summed E-state index contributed by atoms with van der Waals surface area (Å²) in [4.78, 5) is 5.32. The molecule has 17 heavy (non-hydrogen) atoms. The predicted octanol–water partition coefficient (Wildman–Crippen LogP) is 1.54. The summed E-state index contributed by atoms with van der Waals surface area (Å²) in [5.41, 5.74) is 0.331. The maximum absolute atomic E-state index is 3.62. The minimum absolute atomic E-state index is 0.331. The van der Waals surface area contributed by atoms with Crippen LogP contribution in [0.2, 0.25) is 0 Å². The molecule has 0 aromatic carbocycles. The van der Waals surface area contributed by atoms with E-state index in [1.165, 1.54) is 45.6 Å². The van der Waals surface area contributed by atoms with E-state index in [9.17, 15) is 0 Å². The van der Waals surface area contributed by atoms with Crippen LogP contribution in [0, 0.1) is 0 Å². The molecule has 0 aromatic heterocycles. The van der Waals surface area contributed by atoms with Crippen molar-refractivity contribution in [3.05, 3.63) is 0 Å². The predicted molar refractivity (Wildman–Crippen MR) is 73.4 cm³/mol. The van der Waals surface area contributed by atoms with Crippen LogP contribution >= 0.6 is 0 Å². The zero-order valence-electron chi connectivity index (χ0n) is 12.0. The van der Waals surface area contributed by atoms with Crippen molar-refractivity contribution in [1.29, 1.82) is 0 Å². The van der Waals surface area contributed by atoms with Gasteiger partial charge in [-0.2, -0.15) is 0 Å². The molecule has 2 aliphatic rings. The number of hydrogen-bond donors (Lipinski definition) is 1. The summed E-state index contributed by atoms with van der Waals surface area (Å²) in [6, 6.07) is 1.52. The normalized spacial score (nSPS) is 31.9. The Bertz CT molecular complexity index is 242. The monoisotopic (exact) mass is 239 g/mol. The van der Waals surface area contributed by atoms with Crippen LogP contribution in [0.5, 0.6) is 0 Å². The Labute approximate surface area is 107 Å². The van der Waals surface area contributed by atoms with Crippen molar-refractivity contribution in [2.45, 2.75) is 58.2 Å². The minimum Gasteiger partial charge on any atom is -0.312 e. The van der Waals surface area contributed by atoms with Gasteiger partial charge in [-0.3, -0.25) is 9.80 Å². The molecule has 2 saturated heterocycles. The lowest BCUT2D eigenvalue weighted by molar-refractivity contribution is 0.0507. The number of rotatable bonds is 2. The second-order valence-corrected chi connectivity index (χ2v) is 6.62. The van der Waals surface area contributed by atoms with Gasteiger partial charge in [0.1, 0.15) is 0 Å². The van der Waals surface area contributed by atoms with Crippen molar-refractivity contribution >= 4 is 0 Å². The molecule has 3 nitrogen and oxygen atoms in total. The summed E-state index contributed by atoms with van der Waals surface area (Å²) in [6.45, 7) is 15.5. The van der Waals surface area contributed by atoms with E-state index < -0.39 is 0 Å². The fourth-order valence-corrected chi connectivity index (χ4v) is 3.27. The van der Waals surface area contributed by atoms with Gasteiger partial charge in [0.2, 0.25) is 0 Å². The van der Waals surface area contributed by atoms with Crippen LogP contribution in [0.4, 0.5) is 0 Å². The lowest BCUT2D eigenvalue weighted by Gasteiger charge is -2.45. The first-order chi connectivity index (χ1) is 7.98. The van der Waals surface area contributed by atoms with Gasteiger partial charge in [0.05, 0.1) is 0 Å². The van der Waals surface area contributed by atoms with Crippen LogP contribution < -0.4 is 5.32 Å². The summed E-state index contributed by atoms with van der Waals surface area (Å²) in [6.07, 6.45) is 2.62. The van der Waals surface area contributed by atoms with Crippen LogP contribution in [0.25, 0.3) is 0 Å². The SMILES string of the molecule is CC(C)N1CCN(C2CCNC(C)(C)C2)CC1. The third-order valence-corrected chi connectivity index (χ3v) is 4.42. The topological polar surface area (TPSA) is 18.5 Å². The van der Waals surface area contributed by atoms with Gasteiger partial charge in [-0.15, -0.1) is 0 Å². The van der Waals surface area contributed by atoms with Crippen LogP contribution in [0.15, 0.2) is 0 Å². The van der Waals surface area contributed by atoms with Gasteiger partial charge in [0.25, 0.3) is 0 Å². The lowest BCUT2D eigenvalue weighted by atomic mass is 9.88. The van der Waals surface area contributed by atoms with Crippen LogP contribution in [0.1, 0.15) is 40.5 Å². The van der Waals surface area contributed by atoms with E-state index in [4.69, 9.17) is 0 Å². The van der Waals surface area contributed by atoms with E-state index >= 15 is 0 Å². The van der Waals surface area contributed by atoms with Crippen molar-refractivity contribution in [3.63, 3.8) is 0 Å². The van der Waals surface area contributed by atoms with E-state index in [1.54, 1.807) is 0 Å². The van der Waals surface area contributed by atoms with Gasteiger partial charge in [-0.25, -0.2) is 0 Å². The molecule has 3 heteroatoms. The highest BCUT2D eigenvalue weighted by molar-refractivity contribution is 4.92. The molecule has 2 fully saturated rings. The molecule has 0 spiro atoms. The van der Waals surface area contributed by atoms with Gasteiger partial charge in [0, 0.05) is 43.8 Å². The standard InChI is InChI=1S/C14H29N3/c1-12(2)16-7-9-17(10-8-16)13-5-6-15-14(3,4)11-13/h12-13,15H,5-11H2,1-4H3. The molecule has 1 atom stereocenters. The van der Waals surface area contributed by atoms with Gasteiger partial charge < -0.3 is 5.32 Å². The first-order valence-electron chi connectivity index (χ1n) is 7.21. The van der Waals surface area contributed by atoms with Crippen LogP contribution in [-0.2, 0) is 0 Å².